The van der Waals surface area contributed by atoms with E-state index >= 15 is 0 Å². The summed E-state index contributed by atoms with van der Waals surface area (Å²) in [6.07, 6.45) is 4.42. The number of carbonyl (C=O) groups is 1. The summed E-state index contributed by atoms with van der Waals surface area (Å²) in [7, 11) is 0. The molecule has 2 N–H and O–H groups in total. The number of unbranched alkanes of at least 4 members (excludes halogenated alkanes) is 1. The fourth-order valence-electron chi connectivity index (χ4n) is 3.01. The number of hydrogen-bond acceptors (Lipinski definition) is 3. The van der Waals surface area contributed by atoms with Gasteiger partial charge in [-0.1, -0.05) is 13.3 Å². The molecule has 1 aromatic carbocycles. The van der Waals surface area contributed by atoms with Crippen LogP contribution in [0.25, 0.3) is 0 Å². The quantitative estimate of drug-likeness (QED) is 0.823. The number of halogens is 2. The molecule has 2 rings (SSSR count). The van der Waals surface area contributed by atoms with Crippen molar-refractivity contribution in [1.29, 1.82) is 0 Å². The van der Waals surface area contributed by atoms with Crippen molar-refractivity contribution < 1.29 is 4.79 Å². The summed E-state index contributed by atoms with van der Waals surface area (Å²) < 4.78 is 0. The number of likely N-dealkylation sites (tertiary alicyclic amines) is 1. The Balaban J connectivity index is 0.00000264. The van der Waals surface area contributed by atoms with E-state index in [0.717, 1.165) is 38.0 Å². The molecule has 1 unspecified atom stereocenters. The Morgan fingerprint density at radius 1 is 1.25 bits per heavy atom. The van der Waals surface area contributed by atoms with Crippen LogP contribution in [0.2, 0.25) is 0 Å². The molecule has 0 radical (unpaired) electrons. The van der Waals surface area contributed by atoms with Gasteiger partial charge in [-0.2, -0.15) is 0 Å². The van der Waals surface area contributed by atoms with Gasteiger partial charge in [0.15, 0.2) is 0 Å². The Morgan fingerprint density at radius 2 is 1.92 bits per heavy atom. The summed E-state index contributed by atoms with van der Waals surface area (Å²) in [5.41, 5.74) is 7.93. The molecule has 4 nitrogen and oxygen atoms in total. The maximum atomic E-state index is 12.5. The normalized spacial score (nSPS) is 16.8. The van der Waals surface area contributed by atoms with Crippen LogP contribution in [0.1, 0.15) is 49.9 Å². The number of amides is 1. The molecule has 0 spiro atoms. The molecule has 1 aromatic rings. The van der Waals surface area contributed by atoms with Crippen molar-refractivity contribution >= 4 is 36.4 Å². The predicted octanol–water partition coefficient (Wildman–Crippen LogP) is 3.72. The van der Waals surface area contributed by atoms with Crippen LogP contribution in [-0.4, -0.2) is 43.0 Å². The van der Waals surface area contributed by atoms with E-state index in [4.69, 9.17) is 5.73 Å². The first-order valence-corrected chi connectivity index (χ1v) is 8.55. The van der Waals surface area contributed by atoms with Crippen LogP contribution in [-0.2, 0) is 0 Å². The van der Waals surface area contributed by atoms with E-state index in [1.54, 1.807) is 0 Å². The number of nitrogens with zero attached hydrogens (tertiary/aromatic N) is 2. The molecule has 1 atom stereocenters. The van der Waals surface area contributed by atoms with Gasteiger partial charge in [-0.15, -0.1) is 24.8 Å². The third kappa shape index (κ3) is 6.15. The lowest BCUT2D eigenvalue weighted by molar-refractivity contribution is 0.0709. The van der Waals surface area contributed by atoms with E-state index in [0.29, 0.717) is 6.54 Å². The molecule has 0 saturated carbocycles. The molecule has 0 aliphatic carbocycles. The average Bonchev–Trinajstić information content (AvgIpc) is 2.55. The molecule has 1 aliphatic rings. The van der Waals surface area contributed by atoms with Gasteiger partial charge in [0, 0.05) is 43.5 Å². The topological polar surface area (TPSA) is 49.6 Å². The molecule has 1 heterocycles. The molecule has 6 heteroatoms. The monoisotopic (exact) mass is 375 g/mol. The number of carbonyl (C=O) groups excluding carboxylic acids is 1. The summed E-state index contributed by atoms with van der Waals surface area (Å²) in [4.78, 5) is 16.8. The van der Waals surface area contributed by atoms with Gasteiger partial charge in [-0.05, 0) is 50.5 Å². The molecule has 1 saturated heterocycles. The minimum Gasteiger partial charge on any atom is -0.372 e. The maximum absolute atomic E-state index is 12.5. The van der Waals surface area contributed by atoms with E-state index in [2.05, 4.69) is 30.9 Å². The van der Waals surface area contributed by atoms with Crippen molar-refractivity contribution in [2.75, 3.05) is 31.1 Å². The second kappa shape index (κ2) is 11.6. The highest BCUT2D eigenvalue weighted by molar-refractivity contribution is 5.94. The molecule has 1 aliphatic heterocycles. The minimum atomic E-state index is 0. The van der Waals surface area contributed by atoms with E-state index in [-0.39, 0.29) is 36.8 Å². The standard InChI is InChI=1S/C18H29N3O.2ClH/c1-3-5-12-20(4-2)17-10-8-15(9-11-17)18(22)21-13-6-7-16(19)14-21;;/h8-11,16H,3-7,12-14,19H2,1-2H3;2*1H. The minimum absolute atomic E-state index is 0. The summed E-state index contributed by atoms with van der Waals surface area (Å²) in [5.74, 6) is 0.110. The Labute approximate surface area is 158 Å². The number of rotatable bonds is 6. The van der Waals surface area contributed by atoms with Crippen LogP contribution in [0.5, 0.6) is 0 Å². The van der Waals surface area contributed by atoms with Crippen molar-refractivity contribution in [3.05, 3.63) is 29.8 Å². The third-order valence-electron chi connectivity index (χ3n) is 4.39. The first-order chi connectivity index (χ1) is 10.7. The van der Waals surface area contributed by atoms with E-state index < -0.39 is 0 Å². The third-order valence-corrected chi connectivity index (χ3v) is 4.39. The first kappa shape index (κ1) is 23.0. The SMILES string of the molecule is CCCCN(CC)c1ccc(C(=O)N2CCCC(N)C2)cc1.Cl.Cl. The second-order valence-corrected chi connectivity index (χ2v) is 6.13. The van der Waals surface area contributed by atoms with E-state index in [1.165, 1.54) is 18.5 Å². The first-order valence-electron chi connectivity index (χ1n) is 8.55. The van der Waals surface area contributed by atoms with Crippen LogP contribution in [0, 0.1) is 0 Å². The van der Waals surface area contributed by atoms with Gasteiger partial charge in [-0.3, -0.25) is 4.79 Å². The van der Waals surface area contributed by atoms with E-state index in [9.17, 15) is 4.79 Å². The zero-order valence-electron chi connectivity index (χ0n) is 14.7. The second-order valence-electron chi connectivity index (χ2n) is 6.13. The summed E-state index contributed by atoms with van der Waals surface area (Å²) in [5, 5.41) is 0. The Hall–Kier alpha value is -0.970. The van der Waals surface area contributed by atoms with Crippen LogP contribution >= 0.6 is 24.8 Å². The highest BCUT2D eigenvalue weighted by Crippen LogP contribution is 2.18. The van der Waals surface area contributed by atoms with Crippen molar-refractivity contribution in [2.45, 2.75) is 45.6 Å². The summed E-state index contributed by atoms with van der Waals surface area (Å²) in [6.45, 7) is 7.95. The van der Waals surface area contributed by atoms with Crippen molar-refractivity contribution in [1.82, 2.24) is 4.90 Å². The molecular weight excluding hydrogens is 345 g/mol. The van der Waals surface area contributed by atoms with Gasteiger partial charge in [-0.25, -0.2) is 0 Å². The Bertz CT molecular complexity index is 482. The average molecular weight is 376 g/mol. The van der Waals surface area contributed by atoms with Crippen LogP contribution in [0.3, 0.4) is 0 Å². The lowest BCUT2D eigenvalue weighted by Gasteiger charge is -2.31. The molecule has 0 bridgehead atoms. The lowest BCUT2D eigenvalue weighted by atomic mass is 10.1. The number of benzene rings is 1. The maximum Gasteiger partial charge on any atom is 0.253 e. The highest BCUT2D eigenvalue weighted by Gasteiger charge is 2.22. The zero-order valence-corrected chi connectivity index (χ0v) is 16.4. The van der Waals surface area contributed by atoms with Crippen molar-refractivity contribution in [3.63, 3.8) is 0 Å². The van der Waals surface area contributed by atoms with Gasteiger partial charge < -0.3 is 15.5 Å². The van der Waals surface area contributed by atoms with Crippen molar-refractivity contribution in [2.24, 2.45) is 5.73 Å². The van der Waals surface area contributed by atoms with Crippen LogP contribution < -0.4 is 10.6 Å². The van der Waals surface area contributed by atoms with Gasteiger partial charge >= 0.3 is 0 Å². The Kier molecular flexibility index (Phi) is 11.1. The number of nitrogens with two attached hydrogens (primary N) is 1. The molecule has 1 amide bonds. The molecule has 1 fully saturated rings. The van der Waals surface area contributed by atoms with Gasteiger partial charge in [0.05, 0.1) is 0 Å². The molecule has 138 valence electrons. The smallest absolute Gasteiger partial charge is 0.253 e. The molecule has 0 aromatic heterocycles. The van der Waals surface area contributed by atoms with E-state index in [1.807, 2.05) is 17.0 Å². The number of anilines is 1. The van der Waals surface area contributed by atoms with Gasteiger partial charge in [0.2, 0.25) is 0 Å². The van der Waals surface area contributed by atoms with Crippen LogP contribution in [0.4, 0.5) is 5.69 Å². The lowest BCUT2D eigenvalue weighted by Crippen LogP contribution is -2.45. The fourth-order valence-corrected chi connectivity index (χ4v) is 3.01. The zero-order chi connectivity index (χ0) is 15.9. The number of piperidine rings is 1. The Morgan fingerprint density at radius 3 is 2.46 bits per heavy atom. The highest BCUT2D eigenvalue weighted by atomic mass is 35.5. The summed E-state index contributed by atoms with van der Waals surface area (Å²) >= 11 is 0. The molecular formula is C18H31Cl2N3O. The van der Waals surface area contributed by atoms with Crippen LogP contribution in [0.15, 0.2) is 24.3 Å². The fraction of sp³-hybridized carbons (Fsp3) is 0.611. The summed E-state index contributed by atoms with van der Waals surface area (Å²) in [6, 6.07) is 8.16. The van der Waals surface area contributed by atoms with Gasteiger partial charge in [0.1, 0.15) is 0 Å². The largest absolute Gasteiger partial charge is 0.372 e. The van der Waals surface area contributed by atoms with Gasteiger partial charge in [0.25, 0.3) is 5.91 Å². The van der Waals surface area contributed by atoms with Crippen molar-refractivity contribution in [3.8, 4) is 0 Å². The predicted molar refractivity (Wildman–Crippen MR) is 107 cm³/mol. The number of hydrogen-bond donors (Lipinski definition) is 1. The molecule has 24 heavy (non-hydrogen) atoms.